The maximum absolute atomic E-state index is 12.3. The van der Waals surface area contributed by atoms with Crippen LogP contribution in [0.4, 0.5) is 5.00 Å². The smallest absolute Gasteiger partial charge is 0.341 e. The van der Waals surface area contributed by atoms with Crippen molar-refractivity contribution in [2.24, 2.45) is 0 Å². The Morgan fingerprint density at radius 2 is 1.95 bits per heavy atom. The van der Waals surface area contributed by atoms with Crippen LogP contribution >= 0.6 is 22.9 Å². The van der Waals surface area contributed by atoms with Crippen LogP contribution in [-0.4, -0.2) is 24.4 Å². The summed E-state index contributed by atoms with van der Waals surface area (Å²) >= 11 is 6.88. The van der Waals surface area contributed by atoms with E-state index in [1.54, 1.807) is 6.92 Å². The van der Waals surface area contributed by atoms with Crippen LogP contribution in [0.25, 0.3) is 11.1 Å². The van der Waals surface area contributed by atoms with Crippen LogP contribution in [0.15, 0.2) is 30.3 Å². The molecule has 0 unspecified atom stereocenters. The van der Waals surface area contributed by atoms with E-state index in [0.29, 0.717) is 10.6 Å². The molecule has 0 aliphatic rings. The van der Waals surface area contributed by atoms with Crippen molar-refractivity contribution >= 4 is 39.8 Å². The summed E-state index contributed by atoms with van der Waals surface area (Å²) in [4.78, 5) is 24.9. The van der Waals surface area contributed by atoms with Crippen LogP contribution in [0.1, 0.15) is 22.2 Å². The monoisotopic (exact) mass is 337 g/mol. The number of halogens is 1. The molecule has 1 N–H and O–H groups in total. The molecule has 1 aromatic heterocycles. The number of hydrogen-bond donors (Lipinski definition) is 1. The largest absolute Gasteiger partial charge is 0.462 e. The van der Waals surface area contributed by atoms with Gasteiger partial charge < -0.3 is 10.1 Å². The first kappa shape index (κ1) is 16.5. The molecule has 0 atom stereocenters. The molecule has 0 aliphatic heterocycles. The standard InChI is InChI=1S/C16H16ClNO3S/c1-3-21-16(20)14-13(11-7-5-4-6-8-11)10(2)22-15(14)18-12(19)9-17/h4-8H,3,9H2,1-2H3,(H,18,19). The van der Waals surface area contributed by atoms with Crippen LogP contribution < -0.4 is 5.32 Å². The van der Waals surface area contributed by atoms with Crippen molar-refractivity contribution in [2.45, 2.75) is 13.8 Å². The van der Waals surface area contributed by atoms with E-state index in [2.05, 4.69) is 5.32 Å². The highest BCUT2D eigenvalue weighted by Crippen LogP contribution is 2.40. The molecule has 2 aromatic rings. The average molecular weight is 338 g/mol. The number of carbonyl (C=O) groups is 2. The van der Waals surface area contributed by atoms with Crippen LogP contribution in [0, 0.1) is 6.92 Å². The lowest BCUT2D eigenvalue weighted by atomic mass is 10.0. The number of aryl methyl sites for hydroxylation is 1. The normalized spacial score (nSPS) is 10.3. The Bertz CT molecular complexity index is 682. The minimum absolute atomic E-state index is 0.167. The molecule has 4 nitrogen and oxygen atoms in total. The van der Waals surface area contributed by atoms with Crippen molar-refractivity contribution in [1.82, 2.24) is 0 Å². The van der Waals surface area contributed by atoms with Gasteiger partial charge in [-0.1, -0.05) is 30.3 Å². The van der Waals surface area contributed by atoms with Gasteiger partial charge in [0.05, 0.1) is 6.61 Å². The van der Waals surface area contributed by atoms with Crippen molar-refractivity contribution in [2.75, 3.05) is 17.8 Å². The molecule has 0 radical (unpaired) electrons. The predicted molar refractivity (Wildman–Crippen MR) is 89.8 cm³/mol. The SMILES string of the molecule is CCOC(=O)c1c(NC(=O)CCl)sc(C)c1-c1ccccc1. The van der Waals surface area contributed by atoms with Crippen molar-refractivity contribution in [3.05, 3.63) is 40.8 Å². The number of esters is 1. The molecule has 6 heteroatoms. The Kier molecular flexibility index (Phi) is 5.57. The number of nitrogens with one attached hydrogen (secondary N) is 1. The van der Waals surface area contributed by atoms with Crippen molar-refractivity contribution in [3.63, 3.8) is 0 Å². The highest BCUT2D eigenvalue weighted by Gasteiger charge is 2.25. The zero-order valence-electron chi connectivity index (χ0n) is 12.3. The zero-order valence-corrected chi connectivity index (χ0v) is 13.9. The van der Waals surface area contributed by atoms with E-state index >= 15 is 0 Å². The van der Waals surface area contributed by atoms with Gasteiger partial charge in [-0.25, -0.2) is 4.79 Å². The van der Waals surface area contributed by atoms with Crippen LogP contribution in [0.5, 0.6) is 0 Å². The van der Waals surface area contributed by atoms with Gasteiger partial charge in [0.2, 0.25) is 5.91 Å². The summed E-state index contributed by atoms with van der Waals surface area (Å²) in [6, 6.07) is 9.55. The minimum Gasteiger partial charge on any atom is -0.462 e. The molecule has 1 amide bonds. The molecule has 2 rings (SSSR count). The molecule has 0 saturated heterocycles. The lowest BCUT2D eigenvalue weighted by molar-refractivity contribution is -0.113. The number of benzene rings is 1. The quantitative estimate of drug-likeness (QED) is 0.660. The molecule has 0 fully saturated rings. The predicted octanol–water partition coefficient (Wildman–Crippen LogP) is 4.08. The van der Waals surface area contributed by atoms with Crippen LogP contribution in [-0.2, 0) is 9.53 Å². The van der Waals surface area contributed by atoms with Crippen molar-refractivity contribution in [3.8, 4) is 11.1 Å². The molecular weight excluding hydrogens is 322 g/mol. The molecule has 1 aromatic carbocycles. The van der Waals surface area contributed by atoms with E-state index < -0.39 is 5.97 Å². The van der Waals surface area contributed by atoms with Gasteiger partial charge in [0.1, 0.15) is 16.4 Å². The van der Waals surface area contributed by atoms with E-state index in [1.165, 1.54) is 11.3 Å². The summed E-state index contributed by atoms with van der Waals surface area (Å²) in [5, 5.41) is 3.15. The minimum atomic E-state index is -0.449. The fourth-order valence-electron chi connectivity index (χ4n) is 2.14. The molecule has 116 valence electrons. The van der Waals surface area contributed by atoms with E-state index in [1.807, 2.05) is 37.3 Å². The molecule has 0 spiro atoms. The van der Waals surface area contributed by atoms with E-state index in [-0.39, 0.29) is 18.4 Å². The number of hydrogen-bond acceptors (Lipinski definition) is 4. The third-order valence-corrected chi connectivity index (χ3v) is 4.26. The van der Waals surface area contributed by atoms with Crippen LogP contribution in [0.3, 0.4) is 0 Å². The summed E-state index contributed by atoms with van der Waals surface area (Å²) in [7, 11) is 0. The number of carbonyl (C=O) groups excluding carboxylic acids is 2. The van der Waals surface area contributed by atoms with Gasteiger partial charge in [-0.05, 0) is 19.4 Å². The topological polar surface area (TPSA) is 55.4 Å². The van der Waals surface area contributed by atoms with Crippen LogP contribution in [0.2, 0.25) is 0 Å². The molecular formula is C16H16ClNO3S. The number of alkyl halides is 1. The Morgan fingerprint density at radius 3 is 2.55 bits per heavy atom. The lowest BCUT2D eigenvalue weighted by Crippen LogP contribution is -2.15. The number of thiophene rings is 1. The summed E-state index contributed by atoms with van der Waals surface area (Å²) in [6.45, 7) is 3.92. The lowest BCUT2D eigenvalue weighted by Gasteiger charge is -2.08. The second-order valence-electron chi connectivity index (χ2n) is 4.51. The Labute approximate surface area is 138 Å². The van der Waals surface area contributed by atoms with Crippen molar-refractivity contribution < 1.29 is 14.3 Å². The first-order valence-electron chi connectivity index (χ1n) is 6.80. The number of rotatable bonds is 5. The third kappa shape index (κ3) is 3.48. The van der Waals surface area contributed by atoms with Gasteiger partial charge in [0.15, 0.2) is 0 Å². The van der Waals surface area contributed by atoms with Gasteiger partial charge in [-0.3, -0.25) is 4.79 Å². The third-order valence-electron chi connectivity index (χ3n) is 3.00. The van der Waals surface area contributed by atoms with Gasteiger partial charge in [0, 0.05) is 10.4 Å². The average Bonchev–Trinajstić information content (AvgIpc) is 2.84. The highest BCUT2D eigenvalue weighted by atomic mass is 35.5. The maximum Gasteiger partial charge on any atom is 0.341 e. The van der Waals surface area contributed by atoms with Crippen molar-refractivity contribution in [1.29, 1.82) is 0 Å². The summed E-state index contributed by atoms with van der Waals surface area (Å²) in [6.07, 6.45) is 0. The van der Waals surface area contributed by atoms with Gasteiger partial charge >= 0.3 is 5.97 Å². The zero-order chi connectivity index (χ0) is 16.1. The van der Waals surface area contributed by atoms with E-state index in [9.17, 15) is 9.59 Å². The van der Waals surface area contributed by atoms with Gasteiger partial charge in [0.25, 0.3) is 0 Å². The second-order valence-corrected chi connectivity index (χ2v) is 6.00. The van der Waals surface area contributed by atoms with E-state index in [0.717, 1.165) is 16.0 Å². The molecule has 0 bridgehead atoms. The molecule has 0 aliphatic carbocycles. The Hall–Kier alpha value is -1.85. The highest BCUT2D eigenvalue weighted by molar-refractivity contribution is 7.17. The Morgan fingerprint density at radius 1 is 1.27 bits per heavy atom. The fourth-order valence-corrected chi connectivity index (χ4v) is 3.29. The second kappa shape index (κ2) is 7.42. The number of amides is 1. The maximum atomic E-state index is 12.3. The molecule has 0 saturated carbocycles. The number of ether oxygens (including phenoxy) is 1. The first-order valence-corrected chi connectivity index (χ1v) is 8.15. The summed E-state index contributed by atoms with van der Waals surface area (Å²) < 4.78 is 5.14. The van der Waals surface area contributed by atoms with E-state index in [4.69, 9.17) is 16.3 Å². The molecule has 1 heterocycles. The summed E-state index contributed by atoms with van der Waals surface area (Å²) in [5.74, 6) is -0.969. The summed E-state index contributed by atoms with van der Waals surface area (Å²) in [5.41, 5.74) is 2.08. The van der Waals surface area contributed by atoms with Gasteiger partial charge in [-0.15, -0.1) is 22.9 Å². The fraction of sp³-hybridized carbons (Fsp3) is 0.250. The number of anilines is 1. The first-order chi connectivity index (χ1) is 10.6. The van der Waals surface area contributed by atoms with Gasteiger partial charge in [-0.2, -0.15) is 0 Å². The molecule has 22 heavy (non-hydrogen) atoms. The Balaban J connectivity index is 2.57.